The fourth-order valence-electron chi connectivity index (χ4n) is 2.96. The highest BCUT2D eigenvalue weighted by molar-refractivity contribution is 5.97. The van der Waals surface area contributed by atoms with E-state index >= 15 is 0 Å². The molecule has 6 nitrogen and oxygen atoms in total. The second-order valence-corrected chi connectivity index (χ2v) is 4.87. The minimum Gasteiger partial charge on any atom is -0.322 e. The third kappa shape index (κ3) is 1.68. The Labute approximate surface area is 93.7 Å². The molecule has 0 saturated carbocycles. The highest BCUT2D eigenvalue weighted by atomic mass is 16.2. The molecule has 0 aromatic heterocycles. The Balaban J connectivity index is 1.65. The molecule has 3 aliphatic heterocycles. The van der Waals surface area contributed by atoms with Gasteiger partial charge in [-0.3, -0.25) is 15.0 Å². The summed E-state index contributed by atoms with van der Waals surface area (Å²) in [4.78, 5) is 24.7. The van der Waals surface area contributed by atoms with Gasteiger partial charge in [0.1, 0.15) is 0 Å². The lowest BCUT2D eigenvalue weighted by atomic mass is 10.0. The molecule has 3 N–H and O–H groups in total. The number of amides is 3. The first-order valence-electron chi connectivity index (χ1n) is 5.77. The Morgan fingerprint density at radius 3 is 2.44 bits per heavy atom. The number of nitrogens with one attached hydrogen (secondary N) is 3. The van der Waals surface area contributed by atoms with E-state index in [4.69, 9.17) is 0 Å². The predicted octanol–water partition coefficient (Wildman–Crippen LogP) is -1.31. The van der Waals surface area contributed by atoms with Gasteiger partial charge in [-0.1, -0.05) is 0 Å². The fraction of sp³-hybridized carbons (Fsp3) is 0.800. The van der Waals surface area contributed by atoms with Crippen LogP contribution in [0.15, 0.2) is 0 Å². The normalized spacial score (nSPS) is 39.4. The van der Waals surface area contributed by atoms with E-state index in [2.05, 4.69) is 20.9 Å². The van der Waals surface area contributed by atoms with Crippen LogP contribution in [0.4, 0.5) is 4.79 Å². The van der Waals surface area contributed by atoms with Crippen molar-refractivity contribution < 1.29 is 9.59 Å². The van der Waals surface area contributed by atoms with Gasteiger partial charge in [0.2, 0.25) is 5.91 Å². The summed E-state index contributed by atoms with van der Waals surface area (Å²) in [5.74, 6) is 1.19. The molecule has 3 saturated heterocycles. The zero-order valence-electron chi connectivity index (χ0n) is 9.03. The average molecular weight is 224 g/mol. The Morgan fingerprint density at radius 1 is 1.12 bits per heavy atom. The number of nitrogens with zero attached hydrogens (tertiary/aromatic N) is 1. The number of urea groups is 1. The van der Waals surface area contributed by atoms with Crippen LogP contribution in [0.25, 0.3) is 0 Å². The second-order valence-electron chi connectivity index (χ2n) is 4.87. The van der Waals surface area contributed by atoms with Gasteiger partial charge in [-0.15, -0.1) is 0 Å². The van der Waals surface area contributed by atoms with Crippen molar-refractivity contribution >= 4 is 11.9 Å². The molecule has 0 aliphatic carbocycles. The molecule has 3 aliphatic rings. The summed E-state index contributed by atoms with van der Waals surface area (Å²) in [6, 6.07) is -0.364. The molecule has 88 valence electrons. The highest BCUT2D eigenvalue weighted by Gasteiger charge is 2.40. The summed E-state index contributed by atoms with van der Waals surface area (Å²) >= 11 is 0. The standard InChI is InChI=1S/C10H16N4O2/c15-9-1-8(12-10(16)13-9)14-4-6-2-11-3-7(6)5-14/h6-8,11H,1-5H2,(H2,12,13,15,16). The second kappa shape index (κ2) is 3.71. The van der Waals surface area contributed by atoms with E-state index in [0.29, 0.717) is 18.3 Å². The number of hydrogen-bond acceptors (Lipinski definition) is 4. The van der Waals surface area contributed by atoms with Gasteiger partial charge in [0, 0.05) is 13.1 Å². The first-order chi connectivity index (χ1) is 7.72. The highest BCUT2D eigenvalue weighted by Crippen LogP contribution is 2.28. The van der Waals surface area contributed by atoms with Crippen molar-refractivity contribution in [2.75, 3.05) is 26.2 Å². The summed E-state index contributed by atoms with van der Waals surface area (Å²) in [6.45, 7) is 4.09. The van der Waals surface area contributed by atoms with Gasteiger partial charge in [0.05, 0.1) is 12.6 Å². The molecular formula is C10H16N4O2. The Kier molecular flexibility index (Phi) is 2.33. The van der Waals surface area contributed by atoms with Gasteiger partial charge in [-0.25, -0.2) is 4.79 Å². The average Bonchev–Trinajstić information content (AvgIpc) is 2.74. The molecule has 0 radical (unpaired) electrons. The molecule has 0 spiro atoms. The molecule has 0 aromatic carbocycles. The number of rotatable bonds is 1. The van der Waals surface area contributed by atoms with Crippen LogP contribution in [0.3, 0.4) is 0 Å². The molecular weight excluding hydrogens is 208 g/mol. The van der Waals surface area contributed by atoms with Gasteiger partial charge >= 0.3 is 6.03 Å². The fourth-order valence-corrected chi connectivity index (χ4v) is 2.96. The molecule has 3 fully saturated rings. The molecule has 6 heteroatoms. The van der Waals surface area contributed by atoms with Crippen LogP contribution >= 0.6 is 0 Å². The molecule has 3 unspecified atom stereocenters. The third-order valence-corrected chi connectivity index (χ3v) is 3.79. The number of hydrogen-bond donors (Lipinski definition) is 3. The topological polar surface area (TPSA) is 73.5 Å². The molecule has 3 heterocycles. The maximum absolute atomic E-state index is 11.3. The van der Waals surface area contributed by atoms with Crippen LogP contribution in [-0.4, -0.2) is 49.2 Å². The van der Waals surface area contributed by atoms with Gasteiger partial charge in [0.25, 0.3) is 0 Å². The van der Waals surface area contributed by atoms with Crippen LogP contribution in [0.2, 0.25) is 0 Å². The maximum atomic E-state index is 11.3. The summed E-state index contributed by atoms with van der Waals surface area (Å²) < 4.78 is 0. The number of likely N-dealkylation sites (tertiary alicyclic amines) is 1. The summed E-state index contributed by atoms with van der Waals surface area (Å²) in [6.07, 6.45) is 0.269. The first-order valence-corrected chi connectivity index (χ1v) is 5.77. The van der Waals surface area contributed by atoms with Crippen molar-refractivity contribution in [2.24, 2.45) is 11.8 Å². The summed E-state index contributed by atoms with van der Waals surface area (Å²) in [5, 5.41) is 8.44. The van der Waals surface area contributed by atoms with Crippen LogP contribution < -0.4 is 16.0 Å². The van der Waals surface area contributed by atoms with Crippen LogP contribution in [0.1, 0.15) is 6.42 Å². The third-order valence-electron chi connectivity index (χ3n) is 3.79. The van der Waals surface area contributed by atoms with Gasteiger partial charge in [0.15, 0.2) is 0 Å². The van der Waals surface area contributed by atoms with E-state index in [0.717, 1.165) is 26.2 Å². The Hall–Kier alpha value is -1.14. The lowest BCUT2D eigenvalue weighted by Crippen LogP contribution is -2.58. The van der Waals surface area contributed by atoms with Crippen molar-refractivity contribution in [2.45, 2.75) is 12.6 Å². The number of fused-ring (bicyclic) bond motifs is 1. The number of carbonyl (C=O) groups is 2. The van der Waals surface area contributed by atoms with Crippen LogP contribution in [0.5, 0.6) is 0 Å². The molecule has 3 atom stereocenters. The lowest BCUT2D eigenvalue weighted by molar-refractivity contribution is -0.122. The first kappa shape index (κ1) is 10.0. The maximum Gasteiger partial charge on any atom is 0.322 e. The van der Waals surface area contributed by atoms with E-state index in [9.17, 15) is 9.59 Å². The smallest absolute Gasteiger partial charge is 0.322 e. The zero-order valence-corrected chi connectivity index (χ0v) is 9.03. The minimum atomic E-state index is -0.364. The van der Waals surface area contributed by atoms with E-state index in [1.54, 1.807) is 0 Å². The van der Waals surface area contributed by atoms with Crippen LogP contribution in [0, 0.1) is 11.8 Å². The van der Waals surface area contributed by atoms with E-state index < -0.39 is 0 Å². The quantitative estimate of drug-likeness (QED) is 0.517. The number of imide groups is 1. The summed E-state index contributed by atoms with van der Waals surface area (Å²) in [5.41, 5.74) is 0. The summed E-state index contributed by atoms with van der Waals surface area (Å²) in [7, 11) is 0. The van der Waals surface area contributed by atoms with Crippen molar-refractivity contribution in [1.82, 2.24) is 20.9 Å². The molecule has 3 rings (SSSR count). The zero-order chi connectivity index (χ0) is 11.1. The van der Waals surface area contributed by atoms with Crippen molar-refractivity contribution in [1.29, 1.82) is 0 Å². The Bertz CT molecular complexity index is 305. The predicted molar refractivity (Wildman–Crippen MR) is 56.5 cm³/mol. The number of carbonyl (C=O) groups excluding carboxylic acids is 2. The largest absolute Gasteiger partial charge is 0.322 e. The molecule has 3 amide bonds. The SMILES string of the molecule is O=C1CC(N2CC3CNCC3C2)NC(=O)N1. The van der Waals surface area contributed by atoms with Crippen LogP contribution in [-0.2, 0) is 4.79 Å². The Morgan fingerprint density at radius 2 is 1.81 bits per heavy atom. The lowest BCUT2D eigenvalue weighted by Gasteiger charge is -2.31. The van der Waals surface area contributed by atoms with E-state index in [1.807, 2.05) is 0 Å². The van der Waals surface area contributed by atoms with Gasteiger partial charge in [-0.2, -0.15) is 0 Å². The molecule has 0 bridgehead atoms. The molecule has 16 heavy (non-hydrogen) atoms. The monoisotopic (exact) mass is 224 g/mol. The van der Waals surface area contributed by atoms with E-state index in [1.165, 1.54) is 0 Å². The van der Waals surface area contributed by atoms with Crippen molar-refractivity contribution in [3.05, 3.63) is 0 Å². The van der Waals surface area contributed by atoms with Gasteiger partial charge < -0.3 is 10.6 Å². The van der Waals surface area contributed by atoms with Gasteiger partial charge in [-0.05, 0) is 24.9 Å². The minimum absolute atomic E-state index is 0.105. The molecule has 0 aromatic rings. The van der Waals surface area contributed by atoms with E-state index in [-0.39, 0.29) is 18.1 Å². The van der Waals surface area contributed by atoms with Crippen molar-refractivity contribution in [3.63, 3.8) is 0 Å². The van der Waals surface area contributed by atoms with Crippen molar-refractivity contribution in [3.8, 4) is 0 Å².